The predicted molar refractivity (Wildman–Crippen MR) is 376 cm³/mol. The highest BCUT2D eigenvalue weighted by molar-refractivity contribution is 9.11. The number of carbonyl (C=O) groups is 7. The number of hydrogen-bond acceptors (Lipinski definition) is 24. The average molecular weight is 1530 g/mol. The van der Waals surface area contributed by atoms with E-state index in [1.54, 1.807) is 74.5 Å². The molecule has 25 nitrogen and oxygen atoms in total. The number of methoxy groups -OCH3 is 1. The molecule has 5 heterocycles. The van der Waals surface area contributed by atoms with Gasteiger partial charge in [-0.1, -0.05) is 28.1 Å². The van der Waals surface area contributed by atoms with Crippen LogP contribution in [0.1, 0.15) is 50.9 Å². The predicted octanol–water partition coefficient (Wildman–Crippen LogP) is 11.5. The Morgan fingerprint density at radius 3 is 1.48 bits per heavy atom. The maximum absolute atomic E-state index is 11.6. The molecule has 3 aliphatic heterocycles. The first kappa shape index (κ1) is 73.9. The topological polar surface area (TPSA) is 318 Å². The zero-order chi connectivity index (χ0) is 70.3. The van der Waals surface area contributed by atoms with Crippen LogP contribution in [0.15, 0.2) is 118 Å². The molecule has 6 aromatic carbocycles. The van der Waals surface area contributed by atoms with Crippen LogP contribution < -0.4 is 64.3 Å². The van der Waals surface area contributed by atoms with Crippen LogP contribution in [0, 0.1) is 20.8 Å². The smallest absolute Gasteiger partial charge is 0.344 e. The number of Topliss-reactive ketones (excluding diaryl/α,β-unsaturated/α-hetero) is 1. The second-order valence-electron chi connectivity index (χ2n) is 20.7. The molecule has 0 atom stereocenters. The summed E-state index contributed by atoms with van der Waals surface area (Å²) in [5.74, 6) is 3.85. The van der Waals surface area contributed by atoms with Gasteiger partial charge in [-0.3, -0.25) is 19.2 Å². The van der Waals surface area contributed by atoms with Crippen LogP contribution in [0.25, 0.3) is 22.5 Å². The van der Waals surface area contributed by atoms with Gasteiger partial charge in [0.2, 0.25) is 0 Å². The second-order valence-corrected chi connectivity index (χ2v) is 25.2. The highest BCUT2D eigenvalue weighted by Crippen LogP contribution is 2.39. The lowest BCUT2D eigenvalue weighted by Gasteiger charge is -2.18. The van der Waals surface area contributed by atoms with E-state index in [-0.39, 0.29) is 81.7 Å². The maximum Gasteiger partial charge on any atom is 0.344 e. The van der Waals surface area contributed by atoms with Crippen molar-refractivity contribution in [3.05, 3.63) is 151 Å². The van der Waals surface area contributed by atoms with Crippen molar-refractivity contribution in [1.29, 1.82) is 0 Å². The Labute approximate surface area is 593 Å². The van der Waals surface area contributed by atoms with Gasteiger partial charge in [-0.15, -0.1) is 22.7 Å². The van der Waals surface area contributed by atoms with E-state index in [1.165, 1.54) is 29.8 Å². The number of esters is 3. The van der Waals surface area contributed by atoms with Gasteiger partial charge in [-0.05, 0) is 176 Å². The number of anilines is 3. The fraction of sp³-hybridized carbons (Fsp3) is 0.265. The van der Waals surface area contributed by atoms with Crippen LogP contribution in [-0.2, 0) is 56.2 Å². The van der Waals surface area contributed by atoms with Crippen molar-refractivity contribution < 1.29 is 90.4 Å². The maximum atomic E-state index is 11.6. The van der Waals surface area contributed by atoms with Crippen molar-refractivity contribution in [1.82, 2.24) is 9.97 Å². The highest BCUT2D eigenvalue weighted by Gasteiger charge is 2.22. The number of nitrogens with two attached hydrogens (primary N) is 1. The minimum absolute atomic E-state index is 0.0200. The van der Waals surface area contributed by atoms with E-state index in [1.807, 2.05) is 74.7 Å². The van der Waals surface area contributed by atoms with Gasteiger partial charge in [0.1, 0.15) is 86.6 Å². The van der Waals surface area contributed by atoms with Crippen molar-refractivity contribution in [3.8, 4) is 74.3 Å². The fourth-order valence-electron chi connectivity index (χ4n) is 8.84. The summed E-state index contributed by atoms with van der Waals surface area (Å²) in [6.07, 6.45) is 0. The number of rotatable bonds is 24. The first-order valence-corrected chi connectivity index (χ1v) is 33.8. The van der Waals surface area contributed by atoms with Crippen LogP contribution in [0.2, 0.25) is 0 Å². The van der Waals surface area contributed by atoms with Crippen LogP contribution in [0.5, 0.6) is 51.7 Å². The summed E-state index contributed by atoms with van der Waals surface area (Å²) in [7, 11) is 1.31. The van der Waals surface area contributed by atoms with Crippen LogP contribution in [0.3, 0.4) is 0 Å². The first-order chi connectivity index (χ1) is 47.2. The molecular formula is C68H66Br2N6O19S3. The molecule has 0 unspecified atom stereocenters. The number of halogens is 2. The summed E-state index contributed by atoms with van der Waals surface area (Å²) < 4.78 is 64.4. The third kappa shape index (κ3) is 22.1. The molecule has 11 rings (SSSR count). The lowest BCUT2D eigenvalue weighted by atomic mass is 10.1. The molecule has 0 saturated heterocycles. The Kier molecular flexibility index (Phi) is 27.5. The molecule has 0 fully saturated rings. The van der Waals surface area contributed by atoms with Gasteiger partial charge in [0.15, 0.2) is 45.4 Å². The van der Waals surface area contributed by atoms with E-state index in [0.29, 0.717) is 99.2 Å². The van der Waals surface area contributed by atoms with Crippen molar-refractivity contribution >= 4 is 130 Å². The third-order valence-electron chi connectivity index (χ3n) is 13.5. The number of thiocarbonyl (C=S) groups is 1. The summed E-state index contributed by atoms with van der Waals surface area (Å²) in [5.41, 5.74) is 13.6. The van der Waals surface area contributed by atoms with Crippen molar-refractivity contribution in [3.63, 3.8) is 0 Å². The molecule has 0 aliphatic carbocycles. The second kappa shape index (κ2) is 36.5. The van der Waals surface area contributed by atoms with E-state index in [4.69, 9.17) is 70.1 Å². The van der Waals surface area contributed by atoms with Gasteiger partial charge in [-0.2, -0.15) is 0 Å². The number of alkyl halides is 1. The van der Waals surface area contributed by atoms with E-state index < -0.39 is 17.9 Å². The molecule has 30 heteroatoms. The number of thiazole rings is 2. The number of nitrogens with one attached hydrogen (secondary N) is 3. The van der Waals surface area contributed by atoms with Crippen molar-refractivity contribution in [2.45, 2.75) is 47.8 Å². The number of benzene rings is 6. The van der Waals surface area contributed by atoms with Gasteiger partial charge >= 0.3 is 17.9 Å². The van der Waals surface area contributed by atoms with Crippen molar-refractivity contribution in [2.75, 3.05) is 87.9 Å². The number of hydrogen-bond donors (Lipinski definition) is 4. The van der Waals surface area contributed by atoms with E-state index in [2.05, 4.69) is 62.5 Å². The van der Waals surface area contributed by atoms with E-state index in [0.717, 1.165) is 53.0 Å². The van der Waals surface area contributed by atoms with Gasteiger partial charge in [-0.25, -0.2) is 24.4 Å². The monoisotopic (exact) mass is 1520 g/mol. The lowest BCUT2D eigenvalue weighted by molar-refractivity contribution is -0.146. The summed E-state index contributed by atoms with van der Waals surface area (Å²) in [6.45, 7) is 10.2. The molecule has 98 heavy (non-hydrogen) atoms. The van der Waals surface area contributed by atoms with Crippen LogP contribution in [-0.4, -0.2) is 128 Å². The number of amides is 3. The Morgan fingerprint density at radius 2 is 1.01 bits per heavy atom. The molecule has 0 spiro atoms. The van der Waals surface area contributed by atoms with Gasteiger partial charge in [0, 0.05) is 22.1 Å². The molecule has 0 saturated carbocycles. The Balaban J connectivity index is 0.000000175. The number of ketones is 1. The number of fused-ring (bicyclic) bond motifs is 3. The minimum Gasteiger partial charge on any atom is -0.486 e. The molecule has 0 bridgehead atoms. The van der Waals surface area contributed by atoms with Gasteiger partial charge < -0.3 is 78.5 Å². The zero-order valence-corrected chi connectivity index (χ0v) is 59.3. The zero-order valence-electron chi connectivity index (χ0n) is 53.7. The number of ether oxygens (including phenoxy) is 12. The van der Waals surface area contributed by atoms with Crippen LogP contribution in [0.4, 0.5) is 17.1 Å². The van der Waals surface area contributed by atoms with Crippen molar-refractivity contribution in [2.24, 2.45) is 5.73 Å². The van der Waals surface area contributed by atoms with Crippen LogP contribution >= 0.6 is 66.8 Å². The van der Waals surface area contributed by atoms with E-state index >= 15 is 0 Å². The summed E-state index contributed by atoms with van der Waals surface area (Å²) in [5, 5.41) is 12.1. The van der Waals surface area contributed by atoms with Gasteiger partial charge in [0.05, 0.1) is 57.9 Å². The normalized spacial score (nSPS) is 12.1. The average Bonchev–Trinajstić information content (AvgIpc) is 1.53. The standard InChI is InChI=1S/C23H21BrN2O6S.C23H22N2O6S.C12H15NO4S.C10H8BrNO3/c1-3-29-21(28)12-32-17-7-5-15(8-13(17)2)30-11-20-26-22(23(24)33-20)14-4-6-18-16(9-14)25-19(27)10-31-18;1-3-28-23(27)12-31-19-7-5-16(8-14(19)2)29-11-22-25-18(13-32-22)15-4-6-20-17(9-15)24-21(26)10-30-20;1-8-5-9(16-6-11(13)18)3-4-10(8)17-7-12(14)15-2;11-4-8(13)6-1-2-9-7(3-6)12-10(14)5-15-9/h4-9H,3,10-12H2,1-2H3,(H,25,27);4-9,13H,3,10-12H2,1-2H3,(H,24,26);3-5H,6-7H2,1-2H3,(H2,13,18);1-3H,4-5H2,(H,12,14). The molecule has 5 N–H and O–H groups in total. The SMILES string of the molecule is CCOC(=O)COc1ccc(OCc2nc(-c3ccc4c(c3)NC(=O)CO4)c(Br)s2)cc1C.CCOC(=O)COc1ccc(OCc2nc(-c3ccc4c(c3)NC(=O)CO4)cs2)cc1C.COC(=O)COc1ccc(OCC(N)=S)cc1C.O=C1COc2ccc(C(=O)CBr)cc2N1. The minimum atomic E-state index is -0.428. The highest BCUT2D eigenvalue weighted by atomic mass is 79.9. The van der Waals surface area contributed by atoms with E-state index in [9.17, 15) is 33.6 Å². The Bertz CT molecular complexity index is 4220. The quantitative estimate of drug-likeness (QED) is 0.0144. The lowest BCUT2D eigenvalue weighted by Crippen LogP contribution is -2.25. The molecule has 8 aromatic rings. The molecule has 514 valence electrons. The first-order valence-electron chi connectivity index (χ1n) is 29.8. The molecule has 3 aliphatic rings. The number of carbonyl (C=O) groups excluding carboxylic acids is 7. The summed E-state index contributed by atoms with van der Waals surface area (Å²) in [4.78, 5) is 89.0. The number of aromatic nitrogens is 2. The largest absolute Gasteiger partial charge is 0.486 e. The number of nitrogens with zero attached hydrogens (tertiary/aromatic N) is 2. The van der Waals surface area contributed by atoms with Gasteiger partial charge in [0.25, 0.3) is 17.7 Å². The molecular weight excluding hydrogens is 1460 g/mol. The Hall–Kier alpha value is -9.88. The Morgan fingerprint density at radius 1 is 0.561 bits per heavy atom. The molecule has 3 amide bonds. The fourth-order valence-corrected chi connectivity index (χ4v) is 11.5. The summed E-state index contributed by atoms with van der Waals surface area (Å²) in [6, 6.07) is 32.1. The molecule has 2 aromatic heterocycles. The third-order valence-corrected chi connectivity index (χ3v) is 16.6. The molecule has 0 radical (unpaired) electrons. The summed E-state index contributed by atoms with van der Waals surface area (Å²) >= 11 is 14.4. The number of aryl methyl sites for hydroxylation is 3.